The lowest BCUT2D eigenvalue weighted by Gasteiger charge is -2.29. The van der Waals surface area contributed by atoms with E-state index >= 15 is 0 Å². The van der Waals surface area contributed by atoms with E-state index in [2.05, 4.69) is 11.6 Å². The number of carbonyl (C=O) groups excluding carboxylic acids is 1. The molecule has 0 aromatic carbocycles. The average Bonchev–Trinajstić information content (AvgIpc) is 2.84. The first kappa shape index (κ1) is 16.1. The Balaban J connectivity index is 2.49. The molecule has 0 aromatic rings. The number of carboxylic acids is 1. The highest BCUT2D eigenvalue weighted by molar-refractivity contribution is 8.00. The number of carboxylic acid groups (broad SMARTS) is 1. The lowest BCUT2D eigenvalue weighted by Crippen LogP contribution is -2.47. The summed E-state index contributed by atoms with van der Waals surface area (Å²) in [7, 11) is 0. The van der Waals surface area contributed by atoms with Gasteiger partial charge < -0.3 is 15.3 Å². The SMILES string of the molecule is CCCN(CC(=O)O)C(=O)NCC1(SC)CCCC1. The van der Waals surface area contributed by atoms with E-state index in [0.717, 1.165) is 19.3 Å². The summed E-state index contributed by atoms with van der Waals surface area (Å²) in [6.45, 7) is 2.81. The first-order valence-electron chi connectivity index (χ1n) is 6.83. The third kappa shape index (κ3) is 4.93. The molecule has 0 atom stereocenters. The highest BCUT2D eigenvalue weighted by Crippen LogP contribution is 2.39. The Morgan fingerprint density at radius 2 is 2.00 bits per heavy atom. The van der Waals surface area contributed by atoms with Crippen molar-refractivity contribution in [2.45, 2.75) is 43.8 Å². The van der Waals surface area contributed by atoms with Crippen LogP contribution in [-0.2, 0) is 4.79 Å². The molecule has 0 aliphatic heterocycles. The van der Waals surface area contributed by atoms with Crippen LogP contribution in [0, 0.1) is 0 Å². The molecule has 6 heteroatoms. The fraction of sp³-hybridized carbons (Fsp3) is 0.846. The molecule has 2 amide bonds. The molecule has 0 aromatic heterocycles. The van der Waals surface area contributed by atoms with Gasteiger partial charge in [0.25, 0.3) is 0 Å². The van der Waals surface area contributed by atoms with E-state index in [1.54, 1.807) is 0 Å². The van der Waals surface area contributed by atoms with Crippen molar-refractivity contribution in [2.75, 3.05) is 25.9 Å². The highest BCUT2D eigenvalue weighted by atomic mass is 32.2. The van der Waals surface area contributed by atoms with Gasteiger partial charge in [0.2, 0.25) is 0 Å². The van der Waals surface area contributed by atoms with Gasteiger partial charge in [-0.3, -0.25) is 4.79 Å². The van der Waals surface area contributed by atoms with Gasteiger partial charge >= 0.3 is 12.0 Å². The number of carbonyl (C=O) groups is 2. The Kier molecular flexibility index (Phi) is 6.48. The maximum absolute atomic E-state index is 12.0. The van der Waals surface area contributed by atoms with Crippen molar-refractivity contribution >= 4 is 23.8 Å². The van der Waals surface area contributed by atoms with Crippen LogP contribution in [0.5, 0.6) is 0 Å². The Labute approximate surface area is 119 Å². The maximum atomic E-state index is 12.0. The third-order valence-corrected chi connectivity index (χ3v) is 5.04. The monoisotopic (exact) mass is 288 g/mol. The van der Waals surface area contributed by atoms with Crippen molar-refractivity contribution < 1.29 is 14.7 Å². The summed E-state index contributed by atoms with van der Waals surface area (Å²) >= 11 is 1.81. The molecule has 1 fully saturated rings. The topological polar surface area (TPSA) is 69.6 Å². The molecular formula is C13H24N2O3S. The fourth-order valence-corrected chi connectivity index (χ4v) is 3.42. The minimum absolute atomic E-state index is 0.150. The van der Waals surface area contributed by atoms with E-state index in [1.165, 1.54) is 17.7 Å². The number of rotatable bonds is 7. The maximum Gasteiger partial charge on any atom is 0.323 e. The second-order valence-electron chi connectivity index (χ2n) is 5.07. The molecule has 5 nitrogen and oxygen atoms in total. The van der Waals surface area contributed by atoms with Crippen LogP contribution < -0.4 is 5.32 Å². The van der Waals surface area contributed by atoms with Gasteiger partial charge in [0.1, 0.15) is 6.54 Å². The number of hydrogen-bond donors (Lipinski definition) is 2. The van der Waals surface area contributed by atoms with E-state index in [1.807, 2.05) is 18.7 Å². The van der Waals surface area contributed by atoms with Crippen LogP contribution in [0.4, 0.5) is 4.79 Å². The van der Waals surface area contributed by atoms with Gasteiger partial charge in [-0.2, -0.15) is 11.8 Å². The van der Waals surface area contributed by atoms with E-state index in [4.69, 9.17) is 5.11 Å². The Morgan fingerprint density at radius 1 is 1.37 bits per heavy atom. The van der Waals surface area contributed by atoms with Gasteiger partial charge in [-0.15, -0.1) is 0 Å². The second kappa shape index (κ2) is 7.62. The molecule has 1 aliphatic carbocycles. The van der Waals surface area contributed by atoms with Gasteiger partial charge in [0.15, 0.2) is 0 Å². The molecule has 19 heavy (non-hydrogen) atoms. The molecule has 110 valence electrons. The zero-order valence-electron chi connectivity index (χ0n) is 11.8. The number of thioether (sulfide) groups is 1. The summed E-state index contributed by atoms with van der Waals surface area (Å²) in [5.41, 5.74) is 0. The van der Waals surface area contributed by atoms with Gasteiger partial charge in [-0.1, -0.05) is 19.8 Å². The molecule has 1 rings (SSSR count). The largest absolute Gasteiger partial charge is 0.480 e. The van der Waals surface area contributed by atoms with E-state index < -0.39 is 5.97 Å². The predicted molar refractivity (Wildman–Crippen MR) is 77.6 cm³/mol. The van der Waals surface area contributed by atoms with E-state index in [0.29, 0.717) is 13.1 Å². The van der Waals surface area contributed by atoms with Crippen LogP contribution in [0.2, 0.25) is 0 Å². The minimum Gasteiger partial charge on any atom is -0.480 e. The van der Waals surface area contributed by atoms with Crippen molar-refractivity contribution in [3.8, 4) is 0 Å². The zero-order chi connectivity index (χ0) is 14.3. The number of aliphatic carboxylic acids is 1. The van der Waals surface area contributed by atoms with Crippen LogP contribution in [0.3, 0.4) is 0 Å². The molecule has 0 saturated heterocycles. The summed E-state index contributed by atoms with van der Waals surface area (Å²) in [6.07, 6.45) is 7.52. The van der Waals surface area contributed by atoms with E-state index in [9.17, 15) is 9.59 Å². The molecule has 1 aliphatic rings. The quantitative estimate of drug-likeness (QED) is 0.753. The zero-order valence-corrected chi connectivity index (χ0v) is 12.6. The average molecular weight is 288 g/mol. The summed E-state index contributed by atoms with van der Waals surface area (Å²) in [5.74, 6) is -0.968. The predicted octanol–water partition coefficient (Wildman–Crippen LogP) is 2.17. The first-order valence-corrected chi connectivity index (χ1v) is 8.05. The van der Waals surface area contributed by atoms with Crippen molar-refractivity contribution in [1.82, 2.24) is 10.2 Å². The molecule has 0 radical (unpaired) electrons. The lowest BCUT2D eigenvalue weighted by atomic mass is 10.1. The van der Waals surface area contributed by atoms with Gasteiger partial charge in [-0.05, 0) is 25.5 Å². The Hall–Kier alpha value is -0.910. The molecule has 0 bridgehead atoms. The standard InChI is InChI=1S/C13H24N2O3S/c1-3-8-15(9-11(16)17)12(18)14-10-13(19-2)6-4-5-7-13/h3-10H2,1-2H3,(H,14,18)(H,16,17). The summed E-state index contributed by atoms with van der Waals surface area (Å²) in [5, 5.41) is 11.7. The van der Waals surface area contributed by atoms with Crippen molar-refractivity contribution in [3.05, 3.63) is 0 Å². The number of nitrogens with zero attached hydrogens (tertiary/aromatic N) is 1. The van der Waals surface area contributed by atoms with Crippen molar-refractivity contribution in [2.24, 2.45) is 0 Å². The van der Waals surface area contributed by atoms with Crippen molar-refractivity contribution in [1.29, 1.82) is 0 Å². The highest BCUT2D eigenvalue weighted by Gasteiger charge is 2.33. The third-order valence-electron chi connectivity index (χ3n) is 3.62. The fourth-order valence-electron chi connectivity index (χ4n) is 2.51. The lowest BCUT2D eigenvalue weighted by molar-refractivity contribution is -0.137. The number of urea groups is 1. The minimum atomic E-state index is -0.968. The summed E-state index contributed by atoms with van der Waals surface area (Å²) in [4.78, 5) is 24.1. The van der Waals surface area contributed by atoms with Crippen LogP contribution in [-0.4, -0.2) is 52.6 Å². The van der Waals surface area contributed by atoms with Crippen LogP contribution in [0.15, 0.2) is 0 Å². The molecule has 0 heterocycles. The first-order chi connectivity index (χ1) is 9.03. The molecular weight excluding hydrogens is 264 g/mol. The number of hydrogen-bond acceptors (Lipinski definition) is 3. The van der Waals surface area contributed by atoms with Crippen LogP contribution in [0.1, 0.15) is 39.0 Å². The van der Waals surface area contributed by atoms with Gasteiger partial charge in [0, 0.05) is 17.8 Å². The second-order valence-corrected chi connectivity index (χ2v) is 6.34. The van der Waals surface area contributed by atoms with Crippen LogP contribution in [0.25, 0.3) is 0 Å². The smallest absolute Gasteiger partial charge is 0.323 e. The number of amides is 2. The van der Waals surface area contributed by atoms with Crippen molar-refractivity contribution in [3.63, 3.8) is 0 Å². The van der Waals surface area contributed by atoms with E-state index in [-0.39, 0.29) is 17.3 Å². The Bertz CT molecular complexity index is 317. The number of nitrogens with one attached hydrogen (secondary N) is 1. The van der Waals surface area contributed by atoms with Gasteiger partial charge in [0.05, 0.1) is 0 Å². The summed E-state index contributed by atoms with van der Waals surface area (Å²) in [6, 6.07) is -0.260. The van der Waals surface area contributed by atoms with Crippen LogP contribution >= 0.6 is 11.8 Å². The summed E-state index contributed by atoms with van der Waals surface area (Å²) < 4.78 is 0.150. The Morgan fingerprint density at radius 3 is 2.47 bits per heavy atom. The molecule has 0 spiro atoms. The molecule has 1 saturated carbocycles. The molecule has 2 N–H and O–H groups in total. The van der Waals surface area contributed by atoms with Gasteiger partial charge in [-0.25, -0.2) is 4.79 Å². The molecule has 0 unspecified atom stereocenters. The normalized spacial score (nSPS) is 17.2.